The zero-order valence-corrected chi connectivity index (χ0v) is 23.7. The number of alkyl carbamates (subject to hydrolysis) is 1. The van der Waals surface area contributed by atoms with E-state index in [1.54, 1.807) is 19.1 Å². The fraction of sp³-hybridized carbons (Fsp3) is 0.484. The summed E-state index contributed by atoms with van der Waals surface area (Å²) in [5, 5.41) is 8.18. The minimum Gasteiger partial charge on any atom is -0.446 e. The Balaban J connectivity index is 1.17. The molecule has 4 bridgehead atoms. The van der Waals surface area contributed by atoms with Crippen molar-refractivity contribution in [2.45, 2.75) is 63.5 Å². The SMILES string of the molecule is CC(Cc1c[nH]c2ccccc12)(NC(=O)OC1C2CC3CC(C2)CC1C3)C(=O)NCCc1ccc(Cl)cc1Cl. The van der Waals surface area contributed by atoms with Crippen molar-refractivity contribution in [3.05, 3.63) is 69.8 Å². The molecule has 1 unspecified atom stereocenters. The third kappa shape index (κ3) is 5.51. The Hall–Kier alpha value is -2.70. The summed E-state index contributed by atoms with van der Waals surface area (Å²) in [6.45, 7) is 2.15. The molecule has 3 aromatic rings. The number of nitrogens with one attached hydrogen (secondary N) is 3. The molecule has 6 nitrogen and oxygen atoms in total. The molecule has 0 saturated heterocycles. The topological polar surface area (TPSA) is 83.2 Å². The lowest BCUT2D eigenvalue weighted by molar-refractivity contribution is -0.127. The van der Waals surface area contributed by atoms with Crippen molar-refractivity contribution in [1.82, 2.24) is 15.6 Å². The molecule has 4 aliphatic carbocycles. The molecule has 39 heavy (non-hydrogen) atoms. The summed E-state index contributed by atoms with van der Waals surface area (Å²) in [4.78, 5) is 30.3. The van der Waals surface area contributed by atoms with Gasteiger partial charge in [0.05, 0.1) is 0 Å². The van der Waals surface area contributed by atoms with Crippen LogP contribution in [0.2, 0.25) is 10.0 Å². The minimum absolute atomic E-state index is 0.0507. The molecule has 1 aromatic heterocycles. The van der Waals surface area contributed by atoms with Gasteiger partial charge >= 0.3 is 6.09 Å². The third-order valence-corrected chi connectivity index (χ3v) is 9.76. The first-order valence-electron chi connectivity index (χ1n) is 14.0. The van der Waals surface area contributed by atoms with E-state index in [4.69, 9.17) is 27.9 Å². The fourth-order valence-corrected chi connectivity index (χ4v) is 8.02. The number of halogens is 2. The van der Waals surface area contributed by atoms with E-state index in [0.717, 1.165) is 59.5 Å². The number of amides is 2. The molecule has 0 aliphatic heterocycles. The minimum atomic E-state index is -1.21. The third-order valence-electron chi connectivity index (χ3n) is 9.18. The summed E-state index contributed by atoms with van der Waals surface area (Å²) in [5.74, 6) is 2.22. The van der Waals surface area contributed by atoms with Crippen molar-refractivity contribution in [3.63, 3.8) is 0 Å². The van der Waals surface area contributed by atoms with E-state index in [-0.39, 0.29) is 12.0 Å². The Labute approximate surface area is 239 Å². The highest BCUT2D eigenvalue weighted by molar-refractivity contribution is 6.35. The molecule has 7 rings (SSSR count). The van der Waals surface area contributed by atoms with Gasteiger partial charge in [0, 0.05) is 40.1 Å². The average molecular weight is 569 g/mol. The number of ether oxygens (including phenoxy) is 1. The standard InChI is InChI=1S/C31H35Cl2N3O3/c1-31(16-23-17-35-27-5-3-2-4-25(23)27,29(37)34-9-8-20-6-7-24(32)15-26(20)33)36-30(38)39-28-21-11-18-10-19(13-21)14-22(28)12-18/h2-7,15,17-19,21-22,28,35H,8-14,16H2,1H3,(H,34,37)(H,36,38). The Kier molecular flexibility index (Phi) is 7.28. The summed E-state index contributed by atoms with van der Waals surface area (Å²) < 4.78 is 6.11. The van der Waals surface area contributed by atoms with Crippen LogP contribution < -0.4 is 10.6 Å². The normalized spacial score (nSPS) is 26.8. The summed E-state index contributed by atoms with van der Waals surface area (Å²) in [6.07, 6.45) is 8.19. The molecule has 206 valence electrons. The Morgan fingerprint density at radius 3 is 2.44 bits per heavy atom. The van der Waals surface area contributed by atoms with Gasteiger partial charge in [-0.25, -0.2) is 4.79 Å². The molecule has 2 aromatic carbocycles. The van der Waals surface area contributed by atoms with Crippen LogP contribution in [0.1, 0.15) is 50.2 Å². The number of rotatable bonds is 8. The zero-order chi connectivity index (χ0) is 27.1. The molecular formula is C31H35Cl2N3O3. The molecule has 0 spiro atoms. The van der Waals surface area contributed by atoms with Gasteiger partial charge in [-0.3, -0.25) is 4.79 Å². The van der Waals surface area contributed by atoms with Crippen LogP contribution >= 0.6 is 23.2 Å². The number of fused-ring (bicyclic) bond motifs is 1. The second-order valence-electron chi connectivity index (χ2n) is 12.0. The first-order chi connectivity index (χ1) is 18.8. The first-order valence-corrected chi connectivity index (χ1v) is 14.8. The molecule has 3 N–H and O–H groups in total. The molecule has 1 atom stereocenters. The van der Waals surface area contributed by atoms with Gasteiger partial charge in [0.15, 0.2) is 0 Å². The van der Waals surface area contributed by atoms with Crippen molar-refractivity contribution < 1.29 is 14.3 Å². The second-order valence-corrected chi connectivity index (χ2v) is 12.9. The zero-order valence-electron chi connectivity index (χ0n) is 22.1. The fourth-order valence-electron chi connectivity index (χ4n) is 7.52. The van der Waals surface area contributed by atoms with Crippen LogP contribution in [0, 0.1) is 23.7 Å². The Morgan fingerprint density at radius 2 is 1.72 bits per heavy atom. The van der Waals surface area contributed by atoms with Crippen molar-refractivity contribution in [1.29, 1.82) is 0 Å². The van der Waals surface area contributed by atoms with Crippen molar-refractivity contribution in [2.75, 3.05) is 6.54 Å². The van der Waals surface area contributed by atoms with Crippen LogP contribution in [0.15, 0.2) is 48.7 Å². The number of H-pyrrole nitrogens is 1. The lowest BCUT2D eigenvalue weighted by Gasteiger charge is -2.53. The number of carbonyl (C=O) groups is 2. The van der Waals surface area contributed by atoms with Crippen LogP contribution in [0.4, 0.5) is 4.79 Å². The van der Waals surface area contributed by atoms with E-state index < -0.39 is 11.6 Å². The maximum atomic E-state index is 13.7. The van der Waals surface area contributed by atoms with Crippen molar-refractivity contribution >= 4 is 46.1 Å². The highest BCUT2D eigenvalue weighted by Gasteiger charge is 2.50. The summed E-state index contributed by atoms with van der Waals surface area (Å²) in [5.41, 5.74) is 1.63. The maximum absolute atomic E-state index is 13.7. The van der Waals surface area contributed by atoms with Crippen molar-refractivity contribution in [2.24, 2.45) is 23.7 Å². The smallest absolute Gasteiger partial charge is 0.408 e. The first kappa shape index (κ1) is 26.5. The molecular weight excluding hydrogens is 533 g/mol. The van der Waals surface area contributed by atoms with Gasteiger partial charge in [-0.15, -0.1) is 0 Å². The average Bonchev–Trinajstić information content (AvgIpc) is 3.29. The molecule has 8 heteroatoms. The largest absolute Gasteiger partial charge is 0.446 e. The van der Waals surface area contributed by atoms with Crippen LogP contribution in [0.5, 0.6) is 0 Å². The van der Waals surface area contributed by atoms with Crippen LogP contribution in [-0.2, 0) is 22.4 Å². The highest BCUT2D eigenvalue weighted by Crippen LogP contribution is 2.54. The van der Waals surface area contributed by atoms with Crippen molar-refractivity contribution in [3.8, 4) is 0 Å². The van der Waals surface area contributed by atoms with Gasteiger partial charge < -0.3 is 20.4 Å². The van der Waals surface area contributed by atoms with Crippen LogP contribution in [0.25, 0.3) is 10.9 Å². The maximum Gasteiger partial charge on any atom is 0.408 e. The van der Waals surface area contributed by atoms with E-state index in [1.165, 1.54) is 6.42 Å². The van der Waals surface area contributed by atoms with Gasteiger partial charge in [0.2, 0.25) is 5.91 Å². The number of para-hydroxylation sites is 1. The van der Waals surface area contributed by atoms with E-state index in [0.29, 0.717) is 41.3 Å². The summed E-state index contributed by atoms with van der Waals surface area (Å²) in [6, 6.07) is 13.3. The molecule has 2 amide bonds. The van der Waals surface area contributed by atoms with E-state index in [1.807, 2.05) is 36.5 Å². The summed E-state index contributed by atoms with van der Waals surface area (Å²) >= 11 is 12.3. The van der Waals surface area contributed by atoms with Gasteiger partial charge in [-0.1, -0.05) is 47.5 Å². The number of hydrogen-bond donors (Lipinski definition) is 3. The molecule has 0 radical (unpaired) electrons. The Morgan fingerprint density at radius 1 is 1.00 bits per heavy atom. The molecule has 4 aliphatic rings. The number of benzene rings is 2. The predicted octanol–water partition coefficient (Wildman–Crippen LogP) is 6.69. The highest BCUT2D eigenvalue weighted by atomic mass is 35.5. The molecule has 4 saturated carbocycles. The number of aromatic amines is 1. The number of carbonyl (C=O) groups excluding carboxylic acids is 2. The monoisotopic (exact) mass is 567 g/mol. The quantitative estimate of drug-likeness (QED) is 0.283. The lowest BCUT2D eigenvalue weighted by Crippen LogP contribution is -2.60. The van der Waals surface area contributed by atoms with Gasteiger partial charge in [0.1, 0.15) is 11.6 Å². The number of hydrogen-bond acceptors (Lipinski definition) is 3. The van der Waals surface area contributed by atoms with Crippen LogP contribution in [-0.4, -0.2) is 35.2 Å². The van der Waals surface area contributed by atoms with Gasteiger partial charge in [-0.2, -0.15) is 0 Å². The van der Waals surface area contributed by atoms with Gasteiger partial charge in [0.25, 0.3) is 0 Å². The second kappa shape index (κ2) is 10.7. The Bertz CT molecular complexity index is 1360. The van der Waals surface area contributed by atoms with Gasteiger partial charge in [-0.05, 0) is 98.4 Å². The van der Waals surface area contributed by atoms with Crippen LogP contribution in [0.3, 0.4) is 0 Å². The predicted molar refractivity (Wildman–Crippen MR) is 154 cm³/mol. The molecule has 4 fully saturated rings. The lowest BCUT2D eigenvalue weighted by atomic mass is 9.55. The molecule has 1 heterocycles. The van der Waals surface area contributed by atoms with E-state index in [2.05, 4.69) is 15.6 Å². The van der Waals surface area contributed by atoms with E-state index in [9.17, 15) is 9.59 Å². The van der Waals surface area contributed by atoms with E-state index >= 15 is 0 Å². The summed E-state index contributed by atoms with van der Waals surface area (Å²) in [7, 11) is 0. The number of aromatic nitrogens is 1.